The lowest BCUT2D eigenvalue weighted by molar-refractivity contribution is -0.147. The van der Waals surface area contributed by atoms with Gasteiger partial charge in [0.1, 0.15) is 65.6 Å². The molecule has 4 aromatic rings. The van der Waals surface area contributed by atoms with Gasteiger partial charge in [0.2, 0.25) is 11.9 Å². The van der Waals surface area contributed by atoms with Crippen LogP contribution < -0.4 is 21.3 Å². The Balaban J connectivity index is 0.000000277. The van der Waals surface area contributed by atoms with E-state index >= 15 is 0 Å². The first-order chi connectivity index (χ1) is 30.2. The average Bonchev–Trinajstić information content (AvgIpc) is 4.00. The van der Waals surface area contributed by atoms with E-state index in [0.29, 0.717) is 50.1 Å². The van der Waals surface area contributed by atoms with Gasteiger partial charge in [0.05, 0.1) is 29.2 Å². The predicted molar refractivity (Wildman–Crippen MR) is 254 cm³/mol. The fourth-order valence-electron chi connectivity index (χ4n) is 6.98. The first kappa shape index (κ1) is 52.7. The molecule has 4 aromatic heterocycles. The molecule has 11 N–H and O–H groups in total. The maximum atomic E-state index is 11.1. The standard InChI is InChI=1S/C20H30N6O5S2.C18H28N6O4S2.CH4/c1-11(32)21-7-5-3-4-6-8-22-20-24-17-14(18(33)25-20)23-10-26(17)19-16(29)15(28)13(31-19)9-30-12(2)27;1-10(29)19-6-4-2-3-5-7-20-18-22-15-12(16(30)23-18)21-9-24(15)17-14(27)13(26)11(8-25)28-17;/h10,13,15-16,19,28-29H,3-9H2,1-2H3,(H,21,32)(H2,22,24,25,33);9,11,13-14,17,25-27H,2-8H2,1H3,(H,19,29)(H2,20,22,23,30);1H4/t13-,15+,16?,19-;11-,13+,14?,17-;/m11./s1. The van der Waals surface area contributed by atoms with Crippen molar-refractivity contribution in [3.63, 3.8) is 0 Å². The molecule has 356 valence electrons. The third-order valence-electron chi connectivity index (χ3n) is 10.3. The molecule has 0 radical (unpaired) electrons. The SMILES string of the molecule is C.CC(=O)OC[C@H]1O[C@@H](n2cnc3c(=S)nc(NCCCCCCNC(C)=S)[nH]c32)C(O)[C@H]1O.CC(=S)NCCCCCCNc1nc(=S)c2ncn([C@@H]3O[C@H](CO)[C@H](O)C3O)c2[nH]1. The second-order valence-corrected chi connectivity index (χ2v) is 17.2. The number of hydrogen-bond donors (Lipinski definition) is 11. The van der Waals surface area contributed by atoms with Crippen molar-refractivity contribution in [2.75, 3.05) is 50.0 Å². The maximum absolute atomic E-state index is 11.1. The summed E-state index contributed by atoms with van der Waals surface area (Å²) in [6, 6.07) is 0. The molecule has 2 aliphatic heterocycles. The smallest absolute Gasteiger partial charge is 0.302 e. The van der Waals surface area contributed by atoms with Crippen LogP contribution in [-0.4, -0.2) is 157 Å². The lowest BCUT2D eigenvalue weighted by Crippen LogP contribution is -2.34. The minimum atomic E-state index is -1.24. The molecular formula is C39H62N12O9S4. The fourth-order valence-corrected chi connectivity index (χ4v) is 7.67. The van der Waals surface area contributed by atoms with E-state index in [4.69, 9.17) is 63.1 Å². The molecule has 8 atom stereocenters. The molecule has 2 saturated heterocycles. The number of fused-ring (bicyclic) bond motifs is 2. The molecule has 0 spiro atoms. The van der Waals surface area contributed by atoms with Crippen LogP contribution in [0.3, 0.4) is 0 Å². The molecule has 25 heteroatoms. The van der Waals surface area contributed by atoms with Crippen LogP contribution in [0.2, 0.25) is 0 Å². The second-order valence-electron chi connectivity index (χ2n) is 15.2. The number of esters is 1. The van der Waals surface area contributed by atoms with Crippen molar-refractivity contribution in [1.29, 1.82) is 0 Å². The summed E-state index contributed by atoms with van der Waals surface area (Å²) in [6.45, 7) is 7.69. The number of rotatable bonds is 21. The number of thiocarbonyl (C=S) groups is 2. The van der Waals surface area contributed by atoms with Gasteiger partial charge in [0.15, 0.2) is 21.7 Å². The number of imidazole rings is 2. The van der Waals surface area contributed by atoms with Crippen molar-refractivity contribution in [3.8, 4) is 0 Å². The average molecular weight is 971 g/mol. The van der Waals surface area contributed by atoms with Gasteiger partial charge in [-0.15, -0.1) is 0 Å². The van der Waals surface area contributed by atoms with Crippen LogP contribution in [0.25, 0.3) is 22.3 Å². The van der Waals surface area contributed by atoms with Crippen LogP contribution in [0.15, 0.2) is 12.7 Å². The molecule has 21 nitrogen and oxygen atoms in total. The molecule has 2 unspecified atom stereocenters. The molecule has 0 amide bonds. The van der Waals surface area contributed by atoms with Crippen LogP contribution in [0.1, 0.15) is 92.0 Å². The molecule has 64 heavy (non-hydrogen) atoms. The monoisotopic (exact) mass is 970 g/mol. The Kier molecular flexibility index (Phi) is 21.2. The first-order valence-electron chi connectivity index (χ1n) is 20.9. The van der Waals surface area contributed by atoms with E-state index in [1.807, 2.05) is 13.8 Å². The van der Waals surface area contributed by atoms with E-state index in [-0.39, 0.29) is 14.0 Å². The topological polar surface area (TPSA) is 287 Å². The molecule has 0 aromatic carbocycles. The number of nitrogens with zero attached hydrogens (tertiary/aromatic N) is 6. The summed E-state index contributed by atoms with van der Waals surface area (Å²) in [5.41, 5.74) is 1.94. The second kappa shape index (κ2) is 25.7. The number of carbonyl (C=O) groups is 1. The summed E-state index contributed by atoms with van der Waals surface area (Å²) in [6.07, 6.45) is 2.94. The molecule has 0 saturated carbocycles. The minimum absolute atomic E-state index is 0. The number of aromatic amines is 2. The highest BCUT2D eigenvalue weighted by molar-refractivity contribution is 7.80. The third kappa shape index (κ3) is 14.3. The lowest BCUT2D eigenvalue weighted by Gasteiger charge is -2.17. The van der Waals surface area contributed by atoms with Crippen LogP contribution in [0.5, 0.6) is 0 Å². The number of anilines is 2. The van der Waals surface area contributed by atoms with Gasteiger partial charge in [0.25, 0.3) is 0 Å². The molecule has 0 bridgehead atoms. The van der Waals surface area contributed by atoms with Gasteiger partial charge in [-0.05, 0) is 39.5 Å². The Morgan fingerprint density at radius 1 is 0.688 bits per heavy atom. The number of ether oxygens (including phenoxy) is 3. The zero-order valence-corrected chi connectivity index (χ0v) is 38.6. The predicted octanol–water partition coefficient (Wildman–Crippen LogP) is 3.23. The molecule has 2 fully saturated rings. The van der Waals surface area contributed by atoms with Crippen LogP contribution in [-0.2, 0) is 19.0 Å². The fraction of sp³-hybridized carbons (Fsp3) is 0.667. The first-order valence-corrected chi connectivity index (χ1v) is 22.5. The van der Waals surface area contributed by atoms with E-state index in [1.54, 1.807) is 9.13 Å². The van der Waals surface area contributed by atoms with Crippen molar-refractivity contribution in [3.05, 3.63) is 21.9 Å². The number of nitrogens with one attached hydrogen (secondary N) is 6. The number of aromatic nitrogens is 8. The van der Waals surface area contributed by atoms with Gasteiger partial charge in [-0.25, -0.2) is 19.9 Å². The normalized spacial score (nSPS) is 22.7. The van der Waals surface area contributed by atoms with E-state index in [2.05, 4.69) is 51.2 Å². The summed E-state index contributed by atoms with van der Waals surface area (Å²) in [5, 5.41) is 63.2. The van der Waals surface area contributed by atoms with Crippen LogP contribution in [0, 0.1) is 9.28 Å². The Labute approximate surface area is 392 Å². The molecule has 6 rings (SSSR count). The number of aliphatic hydroxyl groups excluding tert-OH is 5. The van der Waals surface area contributed by atoms with Crippen molar-refractivity contribution < 1.29 is 44.5 Å². The summed E-state index contributed by atoms with van der Waals surface area (Å²) >= 11 is 20.7. The quantitative estimate of drug-likeness (QED) is 0.0325. The van der Waals surface area contributed by atoms with Crippen molar-refractivity contribution in [2.24, 2.45) is 0 Å². The summed E-state index contributed by atoms with van der Waals surface area (Å²) in [5.74, 6) is 0.486. The van der Waals surface area contributed by atoms with Crippen LogP contribution >= 0.6 is 48.9 Å². The Morgan fingerprint density at radius 3 is 1.48 bits per heavy atom. The molecule has 0 aliphatic carbocycles. The van der Waals surface area contributed by atoms with Gasteiger partial charge < -0.3 is 71.0 Å². The van der Waals surface area contributed by atoms with Gasteiger partial charge in [-0.1, -0.05) is 82.0 Å². The van der Waals surface area contributed by atoms with Crippen molar-refractivity contribution in [1.82, 2.24) is 49.7 Å². The highest BCUT2D eigenvalue weighted by atomic mass is 32.1. The molecular weight excluding hydrogens is 909 g/mol. The summed E-state index contributed by atoms with van der Waals surface area (Å²) in [7, 11) is 0. The largest absolute Gasteiger partial charge is 0.463 e. The Bertz CT molecular complexity index is 2260. The zero-order valence-electron chi connectivity index (χ0n) is 35.4. The van der Waals surface area contributed by atoms with E-state index < -0.39 is 61.7 Å². The van der Waals surface area contributed by atoms with Crippen molar-refractivity contribution in [2.45, 2.75) is 129 Å². The van der Waals surface area contributed by atoms with E-state index in [0.717, 1.165) is 81.0 Å². The van der Waals surface area contributed by atoms with Crippen LogP contribution in [0.4, 0.5) is 11.9 Å². The van der Waals surface area contributed by atoms with Gasteiger partial charge >= 0.3 is 5.97 Å². The van der Waals surface area contributed by atoms with E-state index in [9.17, 15) is 30.3 Å². The van der Waals surface area contributed by atoms with Gasteiger partial charge in [-0.2, -0.15) is 0 Å². The number of unbranched alkanes of at least 4 members (excludes halogenated alkanes) is 6. The molecule has 6 heterocycles. The summed E-state index contributed by atoms with van der Waals surface area (Å²) in [4.78, 5) is 36.2. The highest BCUT2D eigenvalue weighted by Gasteiger charge is 2.45. The number of H-pyrrole nitrogens is 2. The number of aliphatic hydroxyl groups is 5. The molecule has 2 aliphatic rings. The summed E-state index contributed by atoms with van der Waals surface area (Å²) < 4.78 is 20.0. The van der Waals surface area contributed by atoms with Crippen molar-refractivity contribution >= 4 is 99.0 Å². The van der Waals surface area contributed by atoms with Gasteiger partial charge in [-0.3, -0.25) is 13.9 Å². The number of carbonyl (C=O) groups excluding carboxylic acids is 1. The zero-order chi connectivity index (χ0) is 45.6. The maximum Gasteiger partial charge on any atom is 0.302 e. The van der Waals surface area contributed by atoms with Gasteiger partial charge in [0, 0.05) is 33.1 Å². The Morgan fingerprint density at radius 2 is 1.09 bits per heavy atom. The Hall–Kier alpha value is -3.89. The third-order valence-corrected chi connectivity index (χ3v) is 11.1. The highest BCUT2D eigenvalue weighted by Crippen LogP contribution is 2.33. The lowest BCUT2D eigenvalue weighted by atomic mass is 10.1. The van der Waals surface area contributed by atoms with E-state index in [1.165, 1.54) is 19.6 Å². The minimum Gasteiger partial charge on any atom is -0.463 e. The number of hydrogen-bond acceptors (Lipinski definition) is 19.